The number of hydrogen-bond acceptors (Lipinski definition) is 3. The van der Waals surface area contributed by atoms with Crippen molar-refractivity contribution in [3.8, 4) is 0 Å². The van der Waals surface area contributed by atoms with E-state index in [4.69, 9.17) is 4.74 Å². The minimum atomic E-state index is -1.59. The summed E-state index contributed by atoms with van der Waals surface area (Å²) >= 11 is 0. The van der Waals surface area contributed by atoms with Gasteiger partial charge in [0.2, 0.25) is 0 Å². The number of likely N-dealkylation sites (N-methyl/N-ethyl adjacent to an activating group) is 1. The lowest BCUT2D eigenvalue weighted by Crippen LogP contribution is -2.45. The molecule has 0 spiro atoms. The van der Waals surface area contributed by atoms with Crippen LogP contribution >= 0.6 is 0 Å². The monoisotopic (exact) mass is 316 g/mol. The molecule has 1 N–H and O–H groups in total. The number of nitrogens with zero attached hydrogens (tertiary/aromatic N) is 1. The first kappa shape index (κ1) is 16.2. The molecule has 23 heavy (non-hydrogen) atoms. The fraction of sp³-hybridized carbons (Fsp3) is 0.526. The van der Waals surface area contributed by atoms with E-state index in [1.807, 2.05) is 42.5 Å². The van der Waals surface area contributed by atoms with Crippen LogP contribution in [0.1, 0.15) is 24.8 Å². The Morgan fingerprint density at radius 1 is 1.26 bits per heavy atom. The van der Waals surface area contributed by atoms with E-state index in [2.05, 4.69) is 14.1 Å². The summed E-state index contributed by atoms with van der Waals surface area (Å²) in [5.74, 6) is -0.728. The maximum absolute atomic E-state index is 12.9. The van der Waals surface area contributed by atoms with Gasteiger partial charge in [-0.2, -0.15) is 0 Å². The average molecular weight is 316 g/mol. The largest absolute Gasteiger partial charge is 0.454 e. The molecule has 1 aromatic carbocycles. The van der Waals surface area contributed by atoms with Gasteiger partial charge in [0.15, 0.2) is 11.7 Å². The van der Waals surface area contributed by atoms with Gasteiger partial charge in [-0.1, -0.05) is 42.5 Å². The molecule has 0 bridgehead atoms. The number of rotatable bonds is 4. The molecule has 4 heteroatoms. The summed E-state index contributed by atoms with van der Waals surface area (Å²) in [6, 6.07) is 9.20. The van der Waals surface area contributed by atoms with E-state index in [1.54, 1.807) is 0 Å². The number of ether oxygens (including phenoxy) is 1. The Labute approximate surface area is 138 Å². The Kier molecular flexibility index (Phi) is 4.30. The number of benzene rings is 1. The van der Waals surface area contributed by atoms with Crippen LogP contribution in [0.3, 0.4) is 0 Å². The molecule has 1 aliphatic heterocycles. The highest BCUT2D eigenvalue weighted by molar-refractivity contribution is 5.82. The van der Waals surface area contributed by atoms with E-state index in [1.165, 1.54) is 0 Å². The molecule has 0 radical (unpaired) electrons. The first-order valence-corrected chi connectivity index (χ1v) is 8.39. The molecular weight excluding hydrogens is 290 g/mol. The number of quaternary nitrogens is 1. The quantitative estimate of drug-likeness (QED) is 0.526. The zero-order valence-corrected chi connectivity index (χ0v) is 13.9. The van der Waals surface area contributed by atoms with Crippen molar-refractivity contribution in [2.75, 3.05) is 27.2 Å². The lowest BCUT2D eigenvalue weighted by Gasteiger charge is -2.32. The van der Waals surface area contributed by atoms with Crippen molar-refractivity contribution in [3.63, 3.8) is 0 Å². The van der Waals surface area contributed by atoms with Crippen LogP contribution in [-0.4, -0.2) is 48.8 Å². The normalized spacial score (nSPS) is 28.5. The summed E-state index contributed by atoms with van der Waals surface area (Å²) in [6.45, 7) is 1.79. The first-order chi connectivity index (χ1) is 10.9. The second-order valence-electron chi connectivity index (χ2n) is 7.40. The summed E-state index contributed by atoms with van der Waals surface area (Å²) in [5, 5.41) is 11.3. The fourth-order valence-electron chi connectivity index (χ4n) is 3.72. The van der Waals surface area contributed by atoms with Crippen LogP contribution in [0.4, 0.5) is 0 Å². The van der Waals surface area contributed by atoms with Crippen molar-refractivity contribution < 1.29 is 19.1 Å². The summed E-state index contributed by atoms with van der Waals surface area (Å²) in [7, 11) is 4.27. The molecule has 1 aromatic rings. The topological polar surface area (TPSA) is 46.5 Å². The van der Waals surface area contributed by atoms with Gasteiger partial charge < -0.3 is 14.3 Å². The fourth-order valence-corrected chi connectivity index (χ4v) is 3.72. The standard InChI is InChI=1S/C19H26NO3/c1-20(2)13-12-17(14-20)23-18(21)19(22,16-10-6-7-11-16)15-8-4-3-5-9-15/h3-6,8-10,16-17,22H,7,11-14H2,1-2H3/q+1. The number of carbonyl (C=O) groups excluding carboxylic acids is 1. The third-order valence-corrected chi connectivity index (χ3v) is 5.10. The lowest BCUT2D eigenvalue weighted by molar-refractivity contribution is -0.879. The van der Waals surface area contributed by atoms with E-state index in [0.29, 0.717) is 5.56 Å². The molecule has 2 aliphatic rings. The Morgan fingerprint density at radius 3 is 2.57 bits per heavy atom. The van der Waals surface area contributed by atoms with Crippen LogP contribution in [0.25, 0.3) is 0 Å². The van der Waals surface area contributed by atoms with Crippen molar-refractivity contribution in [2.45, 2.75) is 31.0 Å². The number of aliphatic hydroxyl groups is 1. The first-order valence-electron chi connectivity index (χ1n) is 8.39. The van der Waals surface area contributed by atoms with E-state index < -0.39 is 11.6 Å². The van der Waals surface area contributed by atoms with Gasteiger partial charge in [-0.25, -0.2) is 4.79 Å². The molecule has 1 saturated heterocycles. The van der Waals surface area contributed by atoms with Crippen molar-refractivity contribution in [3.05, 3.63) is 48.0 Å². The molecule has 3 unspecified atom stereocenters. The SMILES string of the molecule is C[N+]1(C)CCC(OC(=O)C(O)(c2ccccc2)C2C=CCC2)C1. The number of carbonyl (C=O) groups is 1. The van der Waals surface area contributed by atoms with Crippen molar-refractivity contribution in [2.24, 2.45) is 5.92 Å². The third kappa shape index (κ3) is 3.19. The number of likely N-dealkylation sites (tertiary alicyclic amines) is 1. The third-order valence-electron chi connectivity index (χ3n) is 5.10. The van der Waals surface area contributed by atoms with Gasteiger partial charge in [-0.3, -0.25) is 0 Å². The number of esters is 1. The molecule has 4 nitrogen and oxygen atoms in total. The Bertz CT molecular complexity index is 596. The highest BCUT2D eigenvalue weighted by Gasteiger charge is 2.48. The minimum Gasteiger partial charge on any atom is -0.454 e. The number of allylic oxidation sites excluding steroid dienone is 1. The van der Waals surface area contributed by atoms with Gasteiger partial charge in [0.05, 0.1) is 20.6 Å². The molecule has 124 valence electrons. The second kappa shape index (κ2) is 6.10. The Balaban J connectivity index is 1.84. The Hall–Kier alpha value is -1.65. The predicted octanol–water partition coefficient (Wildman–Crippen LogP) is 2.23. The van der Waals surface area contributed by atoms with Crippen LogP contribution in [0.15, 0.2) is 42.5 Å². The van der Waals surface area contributed by atoms with Crippen LogP contribution in [0.2, 0.25) is 0 Å². The van der Waals surface area contributed by atoms with Crippen LogP contribution in [-0.2, 0) is 15.1 Å². The zero-order valence-electron chi connectivity index (χ0n) is 13.9. The summed E-state index contributed by atoms with van der Waals surface area (Å²) in [5.41, 5.74) is -0.970. The van der Waals surface area contributed by atoms with Gasteiger partial charge >= 0.3 is 5.97 Å². The molecule has 1 heterocycles. The summed E-state index contributed by atoms with van der Waals surface area (Å²) in [4.78, 5) is 12.9. The Morgan fingerprint density at radius 2 is 2.00 bits per heavy atom. The van der Waals surface area contributed by atoms with Gasteiger partial charge in [-0.05, 0) is 18.4 Å². The maximum atomic E-state index is 12.9. The zero-order chi connectivity index (χ0) is 16.5. The van der Waals surface area contributed by atoms with E-state index in [0.717, 1.165) is 36.8 Å². The minimum absolute atomic E-state index is 0.113. The maximum Gasteiger partial charge on any atom is 0.343 e. The van der Waals surface area contributed by atoms with Gasteiger partial charge in [0.1, 0.15) is 6.54 Å². The van der Waals surface area contributed by atoms with Crippen molar-refractivity contribution >= 4 is 5.97 Å². The number of hydrogen-bond donors (Lipinski definition) is 1. The molecule has 0 amide bonds. The van der Waals surface area contributed by atoms with Crippen molar-refractivity contribution in [1.82, 2.24) is 0 Å². The molecule has 0 aromatic heterocycles. The molecule has 3 atom stereocenters. The van der Waals surface area contributed by atoms with Crippen LogP contribution in [0.5, 0.6) is 0 Å². The smallest absolute Gasteiger partial charge is 0.343 e. The summed E-state index contributed by atoms with van der Waals surface area (Å²) < 4.78 is 6.59. The van der Waals surface area contributed by atoms with Crippen molar-refractivity contribution in [1.29, 1.82) is 0 Å². The highest BCUT2D eigenvalue weighted by atomic mass is 16.6. The van der Waals surface area contributed by atoms with Crippen LogP contribution in [0, 0.1) is 5.92 Å². The second-order valence-corrected chi connectivity index (χ2v) is 7.40. The molecule has 0 saturated carbocycles. The molecule has 1 fully saturated rings. The van der Waals surface area contributed by atoms with E-state index in [-0.39, 0.29) is 12.0 Å². The van der Waals surface area contributed by atoms with E-state index in [9.17, 15) is 9.90 Å². The summed E-state index contributed by atoms with van der Waals surface area (Å²) in [6.07, 6.45) is 6.37. The molecule has 1 aliphatic carbocycles. The average Bonchev–Trinajstić information content (AvgIpc) is 3.17. The predicted molar refractivity (Wildman–Crippen MR) is 88.5 cm³/mol. The van der Waals surface area contributed by atoms with Gasteiger partial charge in [-0.15, -0.1) is 0 Å². The highest BCUT2D eigenvalue weighted by Crippen LogP contribution is 2.38. The lowest BCUT2D eigenvalue weighted by atomic mass is 9.81. The molecule has 3 rings (SSSR count). The van der Waals surface area contributed by atoms with Crippen LogP contribution < -0.4 is 0 Å². The van der Waals surface area contributed by atoms with E-state index >= 15 is 0 Å². The molecular formula is C19H26NO3+. The van der Waals surface area contributed by atoms with Gasteiger partial charge in [0, 0.05) is 12.3 Å². The van der Waals surface area contributed by atoms with Gasteiger partial charge in [0.25, 0.3) is 0 Å².